The summed E-state index contributed by atoms with van der Waals surface area (Å²) in [5.41, 5.74) is 1.19. The number of rotatable bonds is 4. The number of nitrogens with zero attached hydrogens (tertiary/aromatic N) is 3. The number of pyridine rings is 1. The van der Waals surface area contributed by atoms with E-state index in [-0.39, 0.29) is 12.5 Å². The monoisotopic (exact) mass is 373 g/mol. The molecule has 0 bridgehead atoms. The summed E-state index contributed by atoms with van der Waals surface area (Å²) in [7, 11) is 1.58. The molecule has 0 atom stereocenters. The molecule has 6 nitrogen and oxygen atoms in total. The number of methoxy groups -OCH3 is 1. The Morgan fingerprint density at radius 1 is 1.31 bits per heavy atom. The van der Waals surface area contributed by atoms with Gasteiger partial charge in [0.05, 0.1) is 13.7 Å². The summed E-state index contributed by atoms with van der Waals surface area (Å²) in [6, 6.07) is 9.04. The Hall–Kier alpha value is -2.60. The van der Waals surface area contributed by atoms with Crippen LogP contribution in [0.1, 0.15) is 30.7 Å². The molecule has 0 saturated heterocycles. The molecule has 3 rings (SSSR count). The van der Waals surface area contributed by atoms with Gasteiger partial charge in [0.1, 0.15) is 11.4 Å². The van der Waals surface area contributed by atoms with Crippen LogP contribution < -0.4 is 4.74 Å². The van der Waals surface area contributed by atoms with Crippen LogP contribution in [0.15, 0.2) is 41.7 Å². The molecular weight excluding hydrogens is 354 g/mol. The van der Waals surface area contributed by atoms with Crippen LogP contribution >= 0.6 is 11.6 Å². The smallest absolute Gasteiger partial charge is 0.275 e. The Labute approximate surface area is 157 Å². The largest absolute Gasteiger partial charge is 0.496 e. The van der Waals surface area contributed by atoms with E-state index in [1.165, 1.54) is 0 Å². The van der Waals surface area contributed by atoms with E-state index in [2.05, 4.69) is 10.1 Å². The average molecular weight is 374 g/mol. The highest BCUT2D eigenvalue weighted by molar-refractivity contribution is 6.30. The number of ether oxygens (including phenoxy) is 1. The lowest BCUT2D eigenvalue weighted by Gasteiger charge is -2.35. The van der Waals surface area contributed by atoms with E-state index in [4.69, 9.17) is 21.2 Å². The van der Waals surface area contributed by atoms with Gasteiger partial charge in [0.2, 0.25) is 11.4 Å². The third-order valence-electron chi connectivity index (χ3n) is 4.17. The number of carbonyl (C=O) groups is 1. The van der Waals surface area contributed by atoms with E-state index >= 15 is 0 Å². The third-order valence-corrected chi connectivity index (χ3v) is 4.40. The fraction of sp³-hybridized carbons (Fsp3) is 0.316. The maximum absolute atomic E-state index is 13.0. The maximum Gasteiger partial charge on any atom is 0.275 e. The van der Waals surface area contributed by atoms with Crippen molar-refractivity contribution in [2.75, 3.05) is 7.11 Å². The molecule has 2 aromatic rings. The van der Waals surface area contributed by atoms with Crippen molar-refractivity contribution in [3.63, 3.8) is 0 Å². The minimum atomic E-state index is -1.07. The van der Waals surface area contributed by atoms with Gasteiger partial charge in [0.15, 0.2) is 0 Å². The molecular formula is C19H20ClN3O3. The molecule has 7 heteroatoms. The van der Waals surface area contributed by atoms with E-state index < -0.39 is 5.60 Å². The highest BCUT2D eigenvalue weighted by atomic mass is 35.5. The van der Waals surface area contributed by atoms with E-state index in [9.17, 15) is 4.79 Å². The van der Waals surface area contributed by atoms with Gasteiger partial charge in [-0.1, -0.05) is 22.8 Å². The fourth-order valence-corrected chi connectivity index (χ4v) is 2.94. The number of aromatic nitrogens is 1. The van der Waals surface area contributed by atoms with Crippen LogP contribution in [0.4, 0.5) is 0 Å². The number of hydrogen-bond donors (Lipinski definition) is 0. The number of amidine groups is 1. The predicted octanol–water partition coefficient (Wildman–Crippen LogP) is 3.55. The predicted molar refractivity (Wildman–Crippen MR) is 99.2 cm³/mol. The molecule has 0 unspecified atom stereocenters. The number of aryl methyl sites for hydroxylation is 1. The van der Waals surface area contributed by atoms with E-state index in [0.717, 1.165) is 11.1 Å². The summed E-state index contributed by atoms with van der Waals surface area (Å²) in [6.45, 7) is 5.52. The number of carbonyl (C=O) groups excluding carboxylic acids is 1. The molecule has 0 aliphatic carbocycles. The minimum Gasteiger partial charge on any atom is -0.496 e. The van der Waals surface area contributed by atoms with Crippen molar-refractivity contribution in [2.24, 2.45) is 5.16 Å². The van der Waals surface area contributed by atoms with E-state index in [1.54, 1.807) is 50.3 Å². The van der Waals surface area contributed by atoms with Gasteiger partial charge in [-0.25, -0.2) is 0 Å². The van der Waals surface area contributed by atoms with Crippen LogP contribution in [0.3, 0.4) is 0 Å². The standard InChI is InChI=1S/C19H20ClN3O3/c1-12-6-5-9-21-16(12)17-22-26-19(2,3)18(24)23(17)11-13-10-14(20)7-8-15(13)25-4/h5-10H,11H2,1-4H3. The second kappa shape index (κ2) is 6.96. The Morgan fingerprint density at radius 3 is 2.77 bits per heavy atom. The first-order chi connectivity index (χ1) is 12.3. The zero-order valence-electron chi connectivity index (χ0n) is 15.1. The highest BCUT2D eigenvalue weighted by Crippen LogP contribution is 2.29. The molecule has 1 aromatic carbocycles. The van der Waals surface area contributed by atoms with Crippen LogP contribution in [0, 0.1) is 6.92 Å². The first-order valence-electron chi connectivity index (χ1n) is 8.16. The Morgan fingerprint density at radius 2 is 2.08 bits per heavy atom. The van der Waals surface area contributed by atoms with Gasteiger partial charge in [-0.2, -0.15) is 0 Å². The Kier molecular flexibility index (Phi) is 4.87. The molecule has 0 N–H and O–H groups in total. The summed E-state index contributed by atoms with van der Waals surface area (Å²) in [4.78, 5) is 24.4. The first-order valence-corrected chi connectivity index (χ1v) is 8.54. The van der Waals surface area contributed by atoms with Crippen molar-refractivity contribution in [3.05, 3.63) is 58.4 Å². The molecule has 0 fully saturated rings. The van der Waals surface area contributed by atoms with Crippen molar-refractivity contribution in [2.45, 2.75) is 32.9 Å². The van der Waals surface area contributed by atoms with Gasteiger partial charge in [0.25, 0.3) is 5.91 Å². The van der Waals surface area contributed by atoms with Crippen LogP contribution in [0.25, 0.3) is 0 Å². The minimum absolute atomic E-state index is 0.213. The Bertz CT molecular complexity index is 880. The zero-order chi connectivity index (χ0) is 18.9. The molecule has 2 heterocycles. The summed E-state index contributed by atoms with van der Waals surface area (Å²) in [6.07, 6.45) is 1.66. The van der Waals surface area contributed by atoms with Crippen LogP contribution in [-0.4, -0.2) is 34.3 Å². The summed E-state index contributed by atoms with van der Waals surface area (Å²) >= 11 is 6.14. The fourth-order valence-electron chi connectivity index (χ4n) is 2.75. The second-order valence-corrected chi connectivity index (χ2v) is 6.97. The average Bonchev–Trinajstić information content (AvgIpc) is 2.60. The summed E-state index contributed by atoms with van der Waals surface area (Å²) in [5.74, 6) is 0.799. The topological polar surface area (TPSA) is 64.0 Å². The van der Waals surface area contributed by atoms with Gasteiger partial charge >= 0.3 is 0 Å². The number of hydrogen-bond acceptors (Lipinski definition) is 5. The Balaban J connectivity index is 2.07. The summed E-state index contributed by atoms with van der Waals surface area (Å²) in [5, 5.41) is 4.77. The molecule has 1 aliphatic heterocycles. The van der Waals surface area contributed by atoms with E-state index in [1.807, 2.05) is 19.1 Å². The van der Waals surface area contributed by atoms with E-state index in [0.29, 0.717) is 22.3 Å². The highest BCUT2D eigenvalue weighted by Gasteiger charge is 2.42. The van der Waals surface area contributed by atoms with Crippen LogP contribution in [0.2, 0.25) is 5.02 Å². The zero-order valence-corrected chi connectivity index (χ0v) is 15.9. The van der Waals surface area contributed by atoms with Crippen LogP contribution in [0.5, 0.6) is 5.75 Å². The normalized spacial score (nSPS) is 16.1. The SMILES string of the molecule is COc1ccc(Cl)cc1CN1C(=O)C(C)(C)ON=C1c1ncccc1C. The number of oxime groups is 1. The van der Waals surface area contributed by atoms with Crippen molar-refractivity contribution in [1.29, 1.82) is 0 Å². The van der Waals surface area contributed by atoms with Gasteiger partial charge in [0, 0.05) is 16.8 Å². The second-order valence-electron chi connectivity index (χ2n) is 6.53. The van der Waals surface area contributed by atoms with Crippen molar-refractivity contribution >= 4 is 23.3 Å². The summed E-state index contributed by atoms with van der Waals surface area (Å²) < 4.78 is 5.41. The number of halogens is 1. The molecule has 0 radical (unpaired) electrons. The van der Waals surface area contributed by atoms with Gasteiger partial charge in [-0.3, -0.25) is 14.7 Å². The molecule has 1 aliphatic rings. The van der Waals surface area contributed by atoms with Crippen molar-refractivity contribution < 1.29 is 14.4 Å². The number of benzene rings is 1. The van der Waals surface area contributed by atoms with Crippen molar-refractivity contribution in [1.82, 2.24) is 9.88 Å². The molecule has 1 amide bonds. The molecule has 136 valence electrons. The quantitative estimate of drug-likeness (QED) is 0.822. The lowest BCUT2D eigenvalue weighted by Crippen LogP contribution is -2.52. The van der Waals surface area contributed by atoms with Gasteiger partial charge in [-0.15, -0.1) is 0 Å². The maximum atomic E-state index is 13.0. The van der Waals surface area contributed by atoms with Gasteiger partial charge < -0.3 is 9.57 Å². The first kappa shape index (κ1) is 18.2. The molecule has 26 heavy (non-hydrogen) atoms. The van der Waals surface area contributed by atoms with Gasteiger partial charge in [-0.05, 0) is 50.6 Å². The number of amides is 1. The molecule has 0 saturated carbocycles. The third kappa shape index (κ3) is 3.37. The lowest BCUT2D eigenvalue weighted by molar-refractivity contribution is -0.154. The van der Waals surface area contributed by atoms with Crippen LogP contribution in [-0.2, 0) is 16.2 Å². The molecule has 0 spiro atoms. The lowest BCUT2D eigenvalue weighted by atomic mass is 10.0. The molecule has 1 aromatic heterocycles. The van der Waals surface area contributed by atoms with Crippen molar-refractivity contribution in [3.8, 4) is 5.75 Å².